The Labute approximate surface area is 341 Å². The summed E-state index contributed by atoms with van der Waals surface area (Å²) in [5.41, 5.74) is 3.47. The Kier molecular flexibility index (Phi) is 10.1. The highest BCUT2D eigenvalue weighted by Gasteiger charge is 2.44. The lowest BCUT2D eigenvalue weighted by Gasteiger charge is -2.43. The van der Waals surface area contributed by atoms with Crippen LogP contribution in [-0.2, 0) is 22.7 Å². The monoisotopic (exact) mass is 821 g/mol. The third-order valence-electron chi connectivity index (χ3n) is 11.8. The lowest BCUT2D eigenvalue weighted by atomic mass is 10.0. The first kappa shape index (κ1) is 38.3. The van der Waals surface area contributed by atoms with Gasteiger partial charge < -0.3 is 14.9 Å². The van der Waals surface area contributed by atoms with Gasteiger partial charge in [-0.15, -0.1) is 11.3 Å². The van der Waals surface area contributed by atoms with E-state index in [-0.39, 0.29) is 47.9 Å². The van der Waals surface area contributed by atoms with Gasteiger partial charge in [-0.1, -0.05) is 12.1 Å². The van der Waals surface area contributed by atoms with Crippen molar-refractivity contribution in [1.82, 2.24) is 35.0 Å². The summed E-state index contributed by atoms with van der Waals surface area (Å²) in [6.07, 6.45) is 3.42. The number of nitrogens with one attached hydrogen (secondary N) is 2. The standard InChI is InChI=1S/C41H40FN9O7S/c42-26-3-6-33(52)32(20-26)35(36(54)45-40-43-10-18-59-40)49-23-25-2-4-28(21-30(25)37(49)55)47-11-7-27(8-12-47)48-16-14-46(15-17-48)22-24-1-5-29-31(19-24)39(57)51(38(29)56)50-13-9-34(53)44-41(50)58/h1-6,10,18-21,27,35,52H,7-9,11-17,22-23H2,(H,43,45,54)(H,44,53,58). The van der Waals surface area contributed by atoms with Gasteiger partial charge in [-0.2, -0.15) is 5.01 Å². The molecule has 1 aromatic heterocycles. The van der Waals surface area contributed by atoms with Crippen LogP contribution in [0, 0.1) is 5.82 Å². The molecule has 3 aromatic carbocycles. The van der Waals surface area contributed by atoms with Crippen molar-refractivity contribution in [2.75, 3.05) is 56.0 Å². The molecule has 0 bridgehead atoms. The van der Waals surface area contributed by atoms with Crippen LogP contribution in [0.25, 0.3) is 0 Å². The van der Waals surface area contributed by atoms with E-state index in [2.05, 4.69) is 30.3 Å². The molecule has 0 radical (unpaired) electrons. The molecule has 1 unspecified atom stereocenters. The second-order valence-electron chi connectivity index (χ2n) is 15.3. The van der Waals surface area contributed by atoms with Crippen LogP contribution < -0.4 is 15.5 Å². The first-order valence-corrected chi connectivity index (χ1v) is 20.4. The maximum absolute atomic E-state index is 14.4. The number of amides is 7. The SMILES string of the molecule is O=C1CCN(N2C(=O)c3ccc(CN4CCN(C5CCN(c6ccc7c(c6)C(=O)N(C(C(=O)Nc6nccs6)c6cc(F)ccc6O)C7)CC5)CC4)cc3C2=O)C(=O)N1. The topological polar surface area (TPSA) is 179 Å². The molecule has 4 aromatic rings. The minimum absolute atomic E-state index is 0.0000386. The fourth-order valence-corrected chi connectivity index (χ4v) is 9.28. The lowest BCUT2D eigenvalue weighted by molar-refractivity contribution is -0.123. The Morgan fingerprint density at radius 1 is 0.881 bits per heavy atom. The summed E-state index contributed by atoms with van der Waals surface area (Å²) in [4.78, 5) is 90.5. The number of hydrogen-bond acceptors (Lipinski definition) is 12. The number of urea groups is 1. The second kappa shape index (κ2) is 15.5. The number of piperidine rings is 1. The molecule has 59 heavy (non-hydrogen) atoms. The zero-order valence-corrected chi connectivity index (χ0v) is 32.6. The quantitative estimate of drug-likeness (QED) is 0.210. The third-order valence-corrected chi connectivity index (χ3v) is 12.5. The molecular weight excluding hydrogens is 782 g/mol. The van der Waals surface area contributed by atoms with E-state index in [0.29, 0.717) is 23.3 Å². The average Bonchev–Trinajstić information content (AvgIpc) is 3.93. The Balaban J connectivity index is 0.796. The normalized spacial score (nSPS) is 19.6. The summed E-state index contributed by atoms with van der Waals surface area (Å²) in [6.45, 7) is 5.69. The molecule has 1 atom stereocenters. The van der Waals surface area contributed by atoms with Crippen LogP contribution in [-0.4, -0.2) is 122 Å². The Morgan fingerprint density at radius 3 is 2.41 bits per heavy atom. The number of imide groups is 2. The van der Waals surface area contributed by atoms with Crippen LogP contribution in [0.4, 0.5) is 20.0 Å². The van der Waals surface area contributed by atoms with E-state index in [0.717, 1.165) is 91.1 Å². The molecule has 0 aliphatic carbocycles. The summed E-state index contributed by atoms with van der Waals surface area (Å²) in [5.74, 6) is -3.55. The van der Waals surface area contributed by atoms with Crippen molar-refractivity contribution in [3.05, 3.63) is 105 Å². The summed E-state index contributed by atoms with van der Waals surface area (Å²) in [7, 11) is 0. The van der Waals surface area contributed by atoms with Crippen molar-refractivity contribution in [3.63, 3.8) is 0 Å². The minimum Gasteiger partial charge on any atom is -0.508 e. The highest BCUT2D eigenvalue weighted by molar-refractivity contribution is 7.13. The zero-order chi connectivity index (χ0) is 40.9. The van der Waals surface area contributed by atoms with Gasteiger partial charge in [0, 0.05) is 93.2 Å². The molecule has 3 fully saturated rings. The second-order valence-corrected chi connectivity index (χ2v) is 16.2. The number of phenolic OH excluding ortho intramolecular Hbond substituents is 1. The first-order chi connectivity index (χ1) is 28.5. The Hall–Kier alpha value is -6.24. The van der Waals surface area contributed by atoms with E-state index < -0.39 is 41.5 Å². The molecule has 3 N–H and O–H groups in total. The van der Waals surface area contributed by atoms with Crippen LogP contribution in [0.15, 0.2) is 66.2 Å². The molecule has 304 valence electrons. The van der Waals surface area contributed by atoms with Gasteiger partial charge >= 0.3 is 6.03 Å². The summed E-state index contributed by atoms with van der Waals surface area (Å²) >= 11 is 1.21. The number of hydrogen-bond donors (Lipinski definition) is 3. The number of thiazole rings is 1. The van der Waals surface area contributed by atoms with E-state index in [9.17, 15) is 38.3 Å². The third kappa shape index (κ3) is 7.27. The van der Waals surface area contributed by atoms with Crippen molar-refractivity contribution < 1.29 is 38.3 Å². The number of nitrogens with zero attached hydrogens (tertiary/aromatic N) is 7. The minimum atomic E-state index is -1.30. The van der Waals surface area contributed by atoms with Gasteiger partial charge in [0.1, 0.15) is 17.6 Å². The van der Waals surface area contributed by atoms with E-state index in [4.69, 9.17) is 0 Å². The van der Waals surface area contributed by atoms with Crippen molar-refractivity contribution in [2.24, 2.45) is 0 Å². The summed E-state index contributed by atoms with van der Waals surface area (Å²) < 4.78 is 14.4. The zero-order valence-electron chi connectivity index (χ0n) is 31.8. The Morgan fingerprint density at radius 2 is 1.66 bits per heavy atom. The lowest BCUT2D eigenvalue weighted by Crippen LogP contribution is -2.58. The van der Waals surface area contributed by atoms with Crippen molar-refractivity contribution in [2.45, 2.75) is 44.4 Å². The van der Waals surface area contributed by atoms with Crippen molar-refractivity contribution in [1.29, 1.82) is 0 Å². The highest BCUT2D eigenvalue weighted by Crippen LogP contribution is 2.38. The van der Waals surface area contributed by atoms with E-state index >= 15 is 0 Å². The van der Waals surface area contributed by atoms with Crippen LogP contribution >= 0.6 is 11.3 Å². The molecule has 5 aliphatic heterocycles. The maximum atomic E-state index is 14.4. The van der Waals surface area contributed by atoms with Gasteiger partial charge in [-0.25, -0.2) is 19.2 Å². The van der Waals surface area contributed by atoms with Gasteiger partial charge in [-0.3, -0.25) is 44.4 Å². The number of aromatic nitrogens is 1. The van der Waals surface area contributed by atoms with Crippen LogP contribution in [0.3, 0.4) is 0 Å². The molecule has 0 spiro atoms. The number of piperazine rings is 1. The predicted octanol–water partition coefficient (Wildman–Crippen LogP) is 3.56. The fourth-order valence-electron chi connectivity index (χ4n) is 8.74. The highest BCUT2D eigenvalue weighted by atomic mass is 32.1. The summed E-state index contributed by atoms with van der Waals surface area (Å²) in [5, 5.41) is 19.4. The smallest absolute Gasteiger partial charge is 0.343 e. The number of anilines is 2. The molecule has 16 nitrogen and oxygen atoms in total. The van der Waals surface area contributed by atoms with Crippen molar-refractivity contribution in [3.8, 4) is 5.75 Å². The number of phenols is 1. The van der Waals surface area contributed by atoms with E-state index in [1.54, 1.807) is 17.5 Å². The number of fused-ring (bicyclic) bond motifs is 2. The van der Waals surface area contributed by atoms with E-state index in [1.165, 1.54) is 28.5 Å². The largest absolute Gasteiger partial charge is 0.508 e. The van der Waals surface area contributed by atoms with Crippen molar-refractivity contribution >= 4 is 57.7 Å². The van der Waals surface area contributed by atoms with Gasteiger partial charge in [0.15, 0.2) is 5.13 Å². The molecule has 3 saturated heterocycles. The van der Waals surface area contributed by atoms with Gasteiger partial charge in [0.2, 0.25) is 5.91 Å². The van der Waals surface area contributed by atoms with E-state index in [1.807, 2.05) is 24.3 Å². The average molecular weight is 822 g/mol. The predicted molar refractivity (Wildman–Crippen MR) is 212 cm³/mol. The molecule has 5 aliphatic rings. The fraction of sp³-hybridized carbons (Fsp3) is 0.341. The molecule has 0 saturated carbocycles. The molecule has 7 amide bonds. The van der Waals surface area contributed by atoms with Gasteiger partial charge in [-0.05, 0) is 66.4 Å². The number of carbonyl (C=O) groups excluding carboxylic acids is 6. The number of rotatable bonds is 9. The van der Waals surface area contributed by atoms with Crippen LogP contribution in [0.5, 0.6) is 5.75 Å². The number of aromatic hydroxyl groups is 1. The molecule has 9 rings (SSSR count). The maximum Gasteiger partial charge on any atom is 0.343 e. The van der Waals surface area contributed by atoms with Crippen LogP contribution in [0.1, 0.15) is 73.1 Å². The number of carbonyl (C=O) groups is 6. The van der Waals surface area contributed by atoms with Gasteiger partial charge in [0.25, 0.3) is 23.6 Å². The number of benzene rings is 3. The van der Waals surface area contributed by atoms with Crippen LogP contribution in [0.2, 0.25) is 0 Å². The summed E-state index contributed by atoms with van der Waals surface area (Å²) in [6, 6.07) is 12.6. The number of hydrazine groups is 1. The molecule has 18 heteroatoms. The van der Waals surface area contributed by atoms with Gasteiger partial charge in [0.05, 0.1) is 17.7 Å². The first-order valence-electron chi connectivity index (χ1n) is 19.5. The number of halogens is 1. The molecular formula is C41H40FN9O7S. The Bertz CT molecular complexity index is 2380. The molecule has 6 heterocycles.